The van der Waals surface area contributed by atoms with Gasteiger partial charge in [-0.25, -0.2) is 9.97 Å². The average Bonchev–Trinajstić information content (AvgIpc) is 2.91. The van der Waals surface area contributed by atoms with Gasteiger partial charge in [-0.1, -0.05) is 13.8 Å². The van der Waals surface area contributed by atoms with Crippen molar-refractivity contribution in [3.8, 4) is 0 Å². The van der Waals surface area contributed by atoms with E-state index in [4.69, 9.17) is 4.74 Å². The summed E-state index contributed by atoms with van der Waals surface area (Å²) in [7, 11) is 0. The molecule has 0 aliphatic carbocycles. The third-order valence-electron chi connectivity index (χ3n) is 4.04. The van der Waals surface area contributed by atoms with Crippen LogP contribution >= 0.6 is 0 Å². The number of nitrogens with one attached hydrogen (secondary N) is 1. The lowest BCUT2D eigenvalue weighted by Crippen LogP contribution is -2.35. The number of H-pyrrole nitrogens is 1. The smallest absolute Gasteiger partial charge is 0.279 e. The molecule has 0 bridgehead atoms. The van der Waals surface area contributed by atoms with Crippen LogP contribution in [0.25, 0.3) is 11.2 Å². The van der Waals surface area contributed by atoms with E-state index in [-0.39, 0.29) is 17.7 Å². The van der Waals surface area contributed by atoms with Gasteiger partial charge in [0.15, 0.2) is 11.2 Å². The minimum atomic E-state index is -0.826. The first-order valence-electron chi connectivity index (χ1n) is 6.74. The molecule has 0 saturated carbocycles. The molecule has 1 saturated heterocycles. The Morgan fingerprint density at radius 3 is 2.86 bits per heavy atom. The van der Waals surface area contributed by atoms with E-state index in [9.17, 15) is 15.0 Å². The number of aryl methyl sites for hydroxylation is 1. The van der Waals surface area contributed by atoms with Gasteiger partial charge >= 0.3 is 0 Å². The number of imidazole rings is 1. The Morgan fingerprint density at radius 2 is 2.24 bits per heavy atom. The van der Waals surface area contributed by atoms with Crippen LogP contribution in [0.3, 0.4) is 0 Å². The summed E-state index contributed by atoms with van der Waals surface area (Å²) in [6.07, 6.45) is -0.590. The highest BCUT2D eigenvalue weighted by Crippen LogP contribution is 2.45. The number of hydrogen-bond acceptors (Lipinski definition) is 6. The van der Waals surface area contributed by atoms with Gasteiger partial charge in [0.05, 0.1) is 19.0 Å². The molecule has 1 aliphatic rings. The second kappa shape index (κ2) is 4.62. The lowest BCUT2D eigenvalue weighted by Gasteiger charge is -2.28. The van der Waals surface area contributed by atoms with E-state index in [1.165, 1.54) is 6.33 Å². The summed E-state index contributed by atoms with van der Waals surface area (Å²) >= 11 is 0. The van der Waals surface area contributed by atoms with Crippen LogP contribution in [0.15, 0.2) is 11.1 Å². The van der Waals surface area contributed by atoms with Crippen molar-refractivity contribution in [2.75, 3.05) is 6.61 Å². The van der Waals surface area contributed by atoms with Gasteiger partial charge in [-0.3, -0.25) is 9.36 Å². The van der Waals surface area contributed by atoms with Gasteiger partial charge in [0.1, 0.15) is 18.2 Å². The van der Waals surface area contributed by atoms with Crippen LogP contribution in [-0.2, 0) is 4.74 Å². The first-order valence-corrected chi connectivity index (χ1v) is 6.74. The zero-order valence-corrected chi connectivity index (χ0v) is 12.1. The third kappa shape index (κ3) is 1.98. The van der Waals surface area contributed by atoms with E-state index in [1.807, 2.05) is 13.8 Å². The summed E-state index contributed by atoms with van der Waals surface area (Å²) in [5.41, 5.74) is -0.340. The molecule has 0 radical (unpaired) electrons. The number of fused-ring (bicyclic) bond motifs is 1. The Balaban J connectivity index is 2.15. The molecule has 3 N–H and O–H groups in total. The van der Waals surface area contributed by atoms with Crippen LogP contribution < -0.4 is 5.56 Å². The van der Waals surface area contributed by atoms with E-state index in [0.717, 1.165) is 0 Å². The van der Waals surface area contributed by atoms with E-state index < -0.39 is 23.9 Å². The summed E-state index contributed by atoms with van der Waals surface area (Å²) < 4.78 is 7.38. The third-order valence-corrected chi connectivity index (χ3v) is 4.04. The SMILES string of the molecule is Cc1nc2c(ncn2[C@@H]2O[C@H](CO)[C@@H](O)C2(C)C)c(=O)[nH]1. The molecule has 8 nitrogen and oxygen atoms in total. The lowest BCUT2D eigenvalue weighted by molar-refractivity contribution is -0.0492. The van der Waals surface area contributed by atoms with E-state index >= 15 is 0 Å². The van der Waals surface area contributed by atoms with Gasteiger partial charge in [0.2, 0.25) is 0 Å². The molecule has 3 heterocycles. The van der Waals surface area contributed by atoms with Gasteiger partial charge < -0.3 is 19.9 Å². The maximum Gasteiger partial charge on any atom is 0.279 e. The summed E-state index contributed by atoms with van der Waals surface area (Å²) in [5.74, 6) is 0.476. The normalized spacial score (nSPS) is 28.3. The molecule has 0 spiro atoms. The van der Waals surface area contributed by atoms with Gasteiger partial charge in [-0.15, -0.1) is 0 Å². The van der Waals surface area contributed by atoms with Crippen molar-refractivity contribution in [2.24, 2.45) is 5.41 Å². The van der Waals surface area contributed by atoms with Crippen LogP contribution in [0.1, 0.15) is 25.9 Å². The predicted molar refractivity (Wildman–Crippen MR) is 73.7 cm³/mol. The van der Waals surface area contributed by atoms with Crippen molar-refractivity contribution in [2.45, 2.75) is 39.2 Å². The first-order chi connectivity index (χ1) is 9.86. The number of aromatic nitrogens is 4. The predicted octanol–water partition coefficient (Wildman–Crippen LogP) is -0.295. The fraction of sp³-hybridized carbons (Fsp3) is 0.615. The Bertz CT molecular complexity index is 735. The second-order valence-electron chi connectivity index (χ2n) is 5.95. The molecule has 2 aromatic rings. The Morgan fingerprint density at radius 1 is 1.52 bits per heavy atom. The van der Waals surface area contributed by atoms with E-state index in [1.54, 1.807) is 11.5 Å². The highest BCUT2D eigenvalue weighted by Gasteiger charge is 2.51. The van der Waals surface area contributed by atoms with Crippen LogP contribution in [0.2, 0.25) is 0 Å². The molecule has 114 valence electrons. The monoisotopic (exact) mass is 294 g/mol. The molecule has 0 amide bonds. The number of ether oxygens (including phenoxy) is 1. The molecule has 3 atom stereocenters. The minimum absolute atomic E-state index is 0.224. The van der Waals surface area contributed by atoms with Crippen molar-refractivity contribution in [1.29, 1.82) is 0 Å². The summed E-state index contributed by atoms with van der Waals surface area (Å²) in [6, 6.07) is 0. The number of hydrogen-bond donors (Lipinski definition) is 3. The zero-order chi connectivity index (χ0) is 15.4. The molecule has 3 rings (SSSR count). The van der Waals surface area contributed by atoms with Gasteiger partial charge in [0.25, 0.3) is 5.56 Å². The van der Waals surface area contributed by atoms with Crippen LogP contribution in [0.5, 0.6) is 0 Å². The summed E-state index contributed by atoms with van der Waals surface area (Å²) in [6.45, 7) is 5.08. The maximum atomic E-state index is 11.9. The lowest BCUT2D eigenvalue weighted by atomic mass is 9.84. The van der Waals surface area contributed by atoms with Crippen molar-refractivity contribution >= 4 is 11.2 Å². The Kier molecular flexibility index (Phi) is 3.12. The standard InChI is InChI=1S/C13H18N4O4/c1-6-15-10-8(11(20)16-6)14-5-17(10)12-13(2,3)9(19)7(4-18)21-12/h5,7,9,12,18-19H,4H2,1-3H3,(H,15,16,20)/t7-,9-,12-/m1/s1. The topological polar surface area (TPSA) is 113 Å². The van der Waals surface area contributed by atoms with Crippen molar-refractivity contribution in [1.82, 2.24) is 19.5 Å². The van der Waals surface area contributed by atoms with Gasteiger partial charge in [0, 0.05) is 5.41 Å². The molecule has 1 aliphatic heterocycles. The minimum Gasteiger partial charge on any atom is -0.394 e. The number of aromatic amines is 1. The highest BCUT2D eigenvalue weighted by molar-refractivity contribution is 5.69. The van der Waals surface area contributed by atoms with E-state index in [2.05, 4.69) is 15.0 Å². The van der Waals surface area contributed by atoms with Gasteiger partial charge in [-0.05, 0) is 6.92 Å². The maximum absolute atomic E-state index is 11.9. The number of aliphatic hydroxyl groups is 2. The van der Waals surface area contributed by atoms with Crippen LogP contribution in [0.4, 0.5) is 0 Å². The van der Waals surface area contributed by atoms with Crippen molar-refractivity contribution in [3.63, 3.8) is 0 Å². The van der Waals surface area contributed by atoms with Crippen molar-refractivity contribution in [3.05, 3.63) is 22.5 Å². The molecule has 0 aromatic carbocycles. The molecule has 0 unspecified atom stereocenters. The highest BCUT2D eigenvalue weighted by atomic mass is 16.5. The molecule has 21 heavy (non-hydrogen) atoms. The van der Waals surface area contributed by atoms with Gasteiger partial charge in [-0.2, -0.15) is 0 Å². The second-order valence-corrected chi connectivity index (χ2v) is 5.95. The number of aliphatic hydroxyl groups excluding tert-OH is 2. The quantitative estimate of drug-likeness (QED) is 0.701. The van der Waals surface area contributed by atoms with E-state index in [0.29, 0.717) is 11.5 Å². The van der Waals surface area contributed by atoms with Crippen LogP contribution in [0, 0.1) is 12.3 Å². The Labute approximate surface area is 120 Å². The summed E-state index contributed by atoms with van der Waals surface area (Å²) in [4.78, 5) is 22.8. The average molecular weight is 294 g/mol. The van der Waals surface area contributed by atoms with Crippen molar-refractivity contribution < 1.29 is 14.9 Å². The fourth-order valence-corrected chi connectivity index (χ4v) is 2.81. The Hall–Kier alpha value is -1.77. The number of rotatable bonds is 2. The molecular formula is C13H18N4O4. The van der Waals surface area contributed by atoms with Crippen LogP contribution in [-0.4, -0.2) is 48.5 Å². The molecule has 1 fully saturated rings. The largest absolute Gasteiger partial charge is 0.394 e. The summed E-state index contributed by atoms with van der Waals surface area (Å²) in [5, 5.41) is 19.6. The first kappa shape index (κ1) is 14.2. The molecule has 8 heteroatoms. The molecule has 2 aromatic heterocycles. The number of nitrogens with zero attached hydrogens (tertiary/aromatic N) is 3. The fourth-order valence-electron chi connectivity index (χ4n) is 2.81. The zero-order valence-electron chi connectivity index (χ0n) is 12.1. The molecular weight excluding hydrogens is 276 g/mol.